The summed E-state index contributed by atoms with van der Waals surface area (Å²) in [6, 6.07) is 2.32. The Morgan fingerprint density at radius 2 is 2.19 bits per heavy atom. The van der Waals surface area contributed by atoms with Gasteiger partial charge in [-0.15, -0.1) is 0 Å². The smallest absolute Gasteiger partial charge is 0.305 e. The highest BCUT2D eigenvalue weighted by Crippen LogP contribution is 2.29. The summed E-state index contributed by atoms with van der Waals surface area (Å²) in [5.74, 6) is -1.36. The molecule has 0 amide bonds. The first kappa shape index (κ1) is 11.9. The van der Waals surface area contributed by atoms with Gasteiger partial charge in [0.05, 0.1) is 16.9 Å². The third-order valence-corrected chi connectivity index (χ3v) is 2.00. The molecule has 7 heteroatoms. The van der Waals surface area contributed by atoms with E-state index in [1.54, 1.807) is 0 Å². The summed E-state index contributed by atoms with van der Waals surface area (Å²) < 4.78 is 0. The summed E-state index contributed by atoms with van der Waals surface area (Å²) in [6.45, 7) is 0. The zero-order valence-electron chi connectivity index (χ0n) is 8.16. The first-order valence-corrected chi connectivity index (χ1v) is 4.36. The minimum Gasteiger partial charge on any atom is -0.508 e. The van der Waals surface area contributed by atoms with Gasteiger partial charge < -0.3 is 15.9 Å². The zero-order chi connectivity index (χ0) is 12.3. The van der Waals surface area contributed by atoms with Gasteiger partial charge in [-0.25, -0.2) is 0 Å². The number of benzene rings is 1. The quantitative estimate of drug-likeness (QED) is 0.514. The molecule has 0 aliphatic rings. The molecule has 16 heavy (non-hydrogen) atoms. The van der Waals surface area contributed by atoms with E-state index in [9.17, 15) is 20.0 Å². The zero-order valence-corrected chi connectivity index (χ0v) is 8.16. The molecule has 1 aromatic rings. The Morgan fingerprint density at radius 1 is 1.56 bits per heavy atom. The van der Waals surface area contributed by atoms with E-state index in [1.165, 1.54) is 0 Å². The average Bonchev–Trinajstić information content (AvgIpc) is 2.15. The predicted octanol–water partition coefficient (Wildman–Crippen LogP) is 0.775. The van der Waals surface area contributed by atoms with E-state index in [2.05, 4.69) is 0 Å². The van der Waals surface area contributed by atoms with Crippen molar-refractivity contribution in [3.63, 3.8) is 0 Å². The molecule has 1 unspecified atom stereocenters. The number of phenolic OH excluding ortho intramolecular Hbond substituents is 1. The molecule has 1 atom stereocenters. The van der Waals surface area contributed by atoms with Crippen LogP contribution in [-0.4, -0.2) is 21.1 Å². The number of aliphatic carboxylic acids is 1. The summed E-state index contributed by atoms with van der Waals surface area (Å²) in [6.07, 6.45) is -0.440. The Labute approximate surface area is 90.3 Å². The van der Waals surface area contributed by atoms with Gasteiger partial charge in [0.25, 0.3) is 5.69 Å². The predicted molar refractivity (Wildman–Crippen MR) is 53.9 cm³/mol. The van der Waals surface area contributed by atoms with Gasteiger partial charge in [-0.3, -0.25) is 14.9 Å². The Morgan fingerprint density at radius 3 is 2.69 bits per heavy atom. The van der Waals surface area contributed by atoms with Gasteiger partial charge in [0.1, 0.15) is 5.75 Å². The number of nitro groups is 1. The van der Waals surface area contributed by atoms with Crippen LogP contribution in [0.25, 0.3) is 0 Å². The van der Waals surface area contributed by atoms with Crippen LogP contribution in [0.1, 0.15) is 18.0 Å². The molecule has 0 saturated carbocycles. The van der Waals surface area contributed by atoms with E-state index in [1.807, 2.05) is 0 Å². The summed E-state index contributed by atoms with van der Waals surface area (Å²) in [4.78, 5) is 20.4. The summed E-state index contributed by atoms with van der Waals surface area (Å²) in [5, 5.41) is 28.4. The standard InChI is InChI=1S/C9H10N2O5/c10-7(4-9(13)14)6-3-5(12)1-2-8(6)11(15)16/h1-3,7,12H,4,10H2,(H,13,14). The van der Waals surface area contributed by atoms with Crippen LogP contribution in [0, 0.1) is 10.1 Å². The molecular weight excluding hydrogens is 216 g/mol. The number of nitrogens with zero attached hydrogens (tertiary/aromatic N) is 1. The molecule has 1 aromatic carbocycles. The Bertz CT molecular complexity index is 432. The number of rotatable bonds is 4. The summed E-state index contributed by atoms with van der Waals surface area (Å²) in [7, 11) is 0. The summed E-state index contributed by atoms with van der Waals surface area (Å²) in [5.41, 5.74) is 5.21. The van der Waals surface area contributed by atoms with Gasteiger partial charge in [0.15, 0.2) is 0 Å². The second kappa shape index (κ2) is 4.58. The molecule has 1 rings (SSSR count). The second-order valence-electron chi connectivity index (χ2n) is 3.20. The monoisotopic (exact) mass is 226 g/mol. The van der Waals surface area contributed by atoms with E-state index >= 15 is 0 Å². The van der Waals surface area contributed by atoms with Crippen molar-refractivity contribution in [1.82, 2.24) is 0 Å². The number of nitro benzene ring substituents is 1. The number of nitrogens with two attached hydrogens (primary N) is 1. The molecule has 0 aliphatic heterocycles. The summed E-state index contributed by atoms with van der Waals surface area (Å²) >= 11 is 0. The van der Waals surface area contributed by atoms with Crippen molar-refractivity contribution in [2.75, 3.05) is 0 Å². The Kier molecular flexibility index (Phi) is 3.41. The first-order valence-electron chi connectivity index (χ1n) is 4.36. The molecule has 0 bridgehead atoms. The maximum Gasteiger partial charge on any atom is 0.305 e. The fourth-order valence-corrected chi connectivity index (χ4v) is 1.30. The van der Waals surface area contributed by atoms with Crippen LogP contribution in [0.15, 0.2) is 18.2 Å². The van der Waals surface area contributed by atoms with E-state index in [0.29, 0.717) is 0 Å². The number of phenols is 1. The fourth-order valence-electron chi connectivity index (χ4n) is 1.30. The average molecular weight is 226 g/mol. The molecule has 86 valence electrons. The van der Waals surface area contributed by atoms with Crippen LogP contribution in [0.2, 0.25) is 0 Å². The topological polar surface area (TPSA) is 127 Å². The number of aromatic hydroxyl groups is 1. The lowest BCUT2D eigenvalue weighted by Gasteiger charge is -2.09. The lowest BCUT2D eigenvalue weighted by molar-refractivity contribution is -0.385. The molecule has 0 heterocycles. The molecular formula is C9H10N2O5. The molecule has 0 aromatic heterocycles. The van der Waals surface area contributed by atoms with Gasteiger partial charge in [-0.05, 0) is 12.1 Å². The SMILES string of the molecule is NC(CC(=O)O)c1cc(O)ccc1[N+](=O)[O-]. The third kappa shape index (κ3) is 2.67. The minimum atomic E-state index is -1.16. The largest absolute Gasteiger partial charge is 0.508 e. The lowest BCUT2D eigenvalue weighted by Crippen LogP contribution is -2.16. The van der Waals surface area contributed by atoms with E-state index in [0.717, 1.165) is 18.2 Å². The van der Waals surface area contributed by atoms with Crippen LogP contribution in [-0.2, 0) is 4.79 Å². The van der Waals surface area contributed by atoms with Crippen LogP contribution < -0.4 is 5.73 Å². The molecule has 0 fully saturated rings. The van der Waals surface area contributed by atoms with Crippen molar-refractivity contribution < 1.29 is 19.9 Å². The fraction of sp³-hybridized carbons (Fsp3) is 0.222. The van der Waals surface area contributed by atoms with Gasteiger partial charge in [-0.2, -0.15) is 0 Å². The maximum absolute atomic E-state index is 10.6. The Balaban J connectivity index is 3.13. The van der Waals surface area contributed by atoms with Crippen molar-refractivity contribution in [3.05, 3.63) is 33.9 Å². The first-order chi connectivity index (χ1) is 7.41. The molecule has 0 saturated heterocycles. The molecule has 7 nitrogen and oxygen atoms in total. The maximum atomic E-state index is 10.6. The second-order valence-corrected chi connectivity index (χ2v) is 3.20. The van der Waals surface area contributed by atoms with Gasteiger partial charge in [0.2, 0.25) is 0 Å². The van der Waals surface area contributed by atoms with Crippen LogP contribution in [0.4, 0.5) is 5.69 Å². The highest BCUT2D eigenvalue weighted by atomic mass is 16.6. The minimum absolute atomic E-state index is 0.00685. The number of hydrogen-bond acceptors (Lipinski definition) is 5. The third-order valence-electron chi connectivity index (χ3n) is 2.00. The number of carboxylic acids is 1. The molecule has 0 spiro atoms. The van der Waals surface area contributed by atoms with E-state index < -0.39 is 23.4 Å². The van der Waals surface area contributed by atoms with Gasteiger partial charge >= 0.3 is 5.97 Å². The number of carboxylic acid groups (broad SMARTS) is 1. The van der Waals surface area contributed by atoms with Gasteiger partial charge in [-0.1, -0.05) is 0 Å². The normalized spacial score (nSPS) is 12.1. The lowest BCUT2D eigenvalue weighted by atomic mass is 10.0. The van der Waals surface area contributed by atoms with Crippen molar-refractivity contribution in [3.8, 4) is 5.75 Å². The number of hydrogen-bond donors (Lipinski definition) is 3. The molecule has 0 aliphatic carbocycles. The number of carbonyl (C=O) groups is 1. The molecule has 4 N–H and O–H groups in total. The highest BCUT2D eigenvalue weighted by molar-refractivity contribution is 5.68. The van der Waals surface area contributed by atoms with Crippen molar-refractivity contribution in [2.45, 2.75) is 12.5 Å². The van der Waals surface area contributed by atoms with Crippen molar-refractivity contribution >= 4 is 11.7 Å². The van der Waals surface area contributed by atoms with E-state index in [4.69, 9.17) is 10.8 Å². The van der Waals surface area contributed by atoms with Crippen LogP contribution in [0.5, 0.6) is 5.75 Å². The van der Waals surface area contributed by atoms with Crippen molar-refractivity contribution in [1.29, 1.82) is 0 Å². The van der Waals surface area contributed by atoms with Crippen molar-refractivity contribution in [2.24, 2.45) is 5.73 Å². The highest BCUT2D eigenvalue weighted by Gasteiger charge is 2.21. The van der Waals surface area contributed by atoms with Crippen LogP contribution in [0.3, 0.4) is 0 Å². The van der Waals surface area contributed by atoms with Gasteiger partial charge in [0, 0.05) is 12.1 Å². The van der Waals surface area contributed by atoms with E-state index in [-0.39, 0.29) is 17.0 Å². The Hall–Kier alpha value is -2.15. The van der Waals surface area contributed by atoms with Crippen LogP contribution >= 0.6 is 0 Å². The molecule has 0 radical (unpaired) electrons.